The van der Waals surface area contributed by atoms with Gasteiger partial charge in [0.25, 0.3) is 0 Å². The van der Waals surface area contributed by atoms with Crippen molar-refractivity contribution in [1.29, 1.82) is 0 Å². The summed E-state index contributed by atoms with van der Waals surface area (Å²) < 4.78 is 2.50. The van der Waals surface area contributed by atoms with Crippen LogP contribution in [0.3, 0.4) is 0 Å². The SMILES string of the molecule is Cc1cc(O)n2nc(C)c(-c3ccc(Br)cc3)c2n1. The van der Waals surface area contributed by atoms with Gasteiger partial charge in [-0.05, 0) is 31.5 Å². The molecule has 0 unspecified atom stereocenters. The van der Waals surface area contributed by atoms with E-state index in [0.29, 0.717) is 5.65 Å². The molecule has 4 nitrogen and oxygen atoms in total. The largest absolute Gasteiger partial charge is 0.493 e. The fourth-order valence-corrected chi connectivity index (χ4v) is 2.44. The molecule has 0 bridgehead atoms. The summed E-state index contributed by atoms with van der Waals surface area (Å²) in [5, 5.41) is 14.3. The van der Waals surface area contributed by atoms with E-state index >= 15 is 0 Å². The first-order chi connectivity index (χ1) is 9.06. The number of halogens is 1. The van der Waals surface area contributed by atoms with Crippen molar-refractivity contribution in [2.75, 3.05) is 0 Å². The van der Waals surface area contributed by atoms with Gasteiger partial charge < -0.3 is 5.11 Å². The summed E-state index contributed by atoms with van der Waals surface area (Å²) in [5.41, 5.74) is 4.27. The van der Waals surface area contributed by atoms with E-state index in [4.69, 9.17) is 0 Å². The van der Waals surface area contributed by atoms with Crippen LogP contribution in [0.1, 0.15) is 11.4 Å². The van der Waals surface area contributed by atoms with E-state index < -0.39 is 0 Å². The van der Waals surface area contributed by atoms with Gasteiger partial charge in [0.05, 0.1) is 5.69 Å². The molecule has 19 heavy (non-hydrogen) atoms. The van der Waals surface area contributed by atoms with Crippen molar-refractivity contribution >= 4 is 21.6 Å². The Bertz CT molecular complexity index is 762. The lowest BCUT2D eigenvalue weighted by molar-refractivity contribution is 0.434. The fourth-order valence-electron chi connectivity index (χ4n) is 2.18. The van der Waals surface area contributed by atoms with E-state index in [-0.39, 0.29) is 5.88 Å². The van der Waals surface area contributed by atoms with Crippen LogP contribution in [0.15, 0.2) is 34.8 Å². The average Bonchev–Trinajstić information content (AvgIpc) is 2.67. The monoisotopic (exact) mass is 317 g/mol. The molecule has 1 aromatic carbocycles. The van der Waals surface area contributed by atoms with E-state index in [9.17, 15) is 5.11 Å². The average molecular weight is 318 g/mol. The van der Waals surface area contributed by atoms with Crippen LogP contribution < -0.4 is 0 Å². The van der Waals surface area contributed by atoms with E-state index in [2.05, 4.69) is 26.0 Å². The molecular formula is C14H12BrN3O. The Balaban J connectivity index is 2.34. The summed E-state index contributed by atoms with van der Waals surface area (Å²) >= 11 is 3.42. The zero-order valence-corrected chi connectivity index (χ0v) is 12.1. The van der Waals surface area contributed by atoms with Crippen LogP contribution >= 0.6 is 15.9 Å². The smallest absolute Gasteiger partial charge is 0.215 e. The van der Waals surface area contributed by atoms with E-state index in [0.717, 1.165) is 27.0 Å². The number of hydrogen-bond donors (Lipinski definition) is 1. The first-order valence-corrected chi connectivity index (χ1v) is 6.67. The molecule has 0 aliphatic carbocycles. The molecule has 0 aliphatic heterocycles. The van der Waals surface area contributed by atoms with Gasteiger partial charge in [-0.3, -0.25) is 0 Å². The molecule has 1 N–H and O–H groups in total. The van der Waals surface area contributed by atoms with Gasteiger partial charge >= 0.3 is 0 Å². The lowest BCUT2D eigenvalue weighted by atomic mass is 10.1. The van der Waals surface area contributed by atoms with Crippen LogP contribution in [0.4, 0.5) is 0 Å². The van der Waals surface area contributed by atoms with Crippen molar-refractivity contribution in [2.24, 2.45) is 0 Å². The summed E-state index contributed by atoms with van der Waals surface area (Å²) in [6.07, 6.45) is 0. The van der Waals surface area contributed by atoms with E-state index in [1.54, 1.807) is 6.07 Å². The Kier molecular flexibility index (Phi) is 2.78. The number of rotatable bonds is 1. The Morgan fingerprint density at radius 1 is 1.16 bits per heavy atom. The van der Waals surface area contributed by atoms with Crippen LogP contribution in [0.25, 0.3) is 16.8 Å². The highest BCUT2D eigenvalue weighted by atomic mass is 79.9. The maximum Gasteiger partial charge on any atom is 0.215 e. The molecular weight excluding hydrogens is 306 g/mol. The molecule has 0 atom stereocenters. The van der Waals surface area contributed by atoms with Gasteiger partial charge in [-0.1, -0.05) is 28.1 Å². The highest BCUT2D eigenvalue weighted by Gasteiger charge is 2.15. The minimum absolute atomic E-state index is 0.106. The van der Waals surface area contributed by atoms with Crippen LogP contribution in [0.2, 0.25) is 0 Å². The van der Waals surface area contributed by atoms with Crippen LogP contribution in [-0.2, 0) is 0 Å². The van der Waals surface area contributed by atoms with Crippen molar-refractivity contribution in [3.8, 4) is 17.0 Å². The van der Waals surface area contributed by atoms with Crippen molar-refractivity contribution in [1.82, 2.24) is 14.6 Å². The third kappa shape index (κ3) is 2.00. The zero-order valence-electron chi connectivity index (χ0n) is 10.6. The highest BCUT2D eigenvalue weighted by Crippen LogP contribution is 2.30. The number of hydrogen-bond acceptors (Lipinski definition) is 3. The topological polar surface area (TPSA) is 50.4 Å². The number of aromatic hydroxyl groups is 1. The van der Waals surface area contributed by atoms with Gasteiger partial charge in [0.2, 0.25) is 5.88 Å². The molecule has 0 saturated carbocycles. The standard InChI is InChI=1S/C14H12BrN3O/c1-8-7-12(19)18-14(16-8)13(9(2)17-18)10-3-5-11(15)6-4-10/h3-7,19H,1-2H3. The predicted molar refractivity (Wildman–Crippen MR) is 77.3 cm³/mol. The molecule has 0 radical (unpaired) electrons. The third-order valence-corrected chi connectivity index (χ3v) is 3.53. The van der Waals surface area contributed by atoms with Crippen molar-refractivity contribution in [3.63, 3.8) is 0 Å². The van der Waals surface area contributed by atoms with Crippen LogP contribution in [0.5, 0.6) is 5.88 Å². The molecule has 0 aliphatic rings. The van der Waals surface area contributed by atoms with E-state index in [1.807, 2.05) is 38.1 Å². The fraction of sp³-hybridized carbons (Fsp3) is 0.143. The third-order valence-electron chi connectivity index (χ3n) is 3.01. The zero-order chi connectivity index (χ0) is 13.6. The molecule has 3 aromatic rings. The molecule has 3 rings (SSSR count). The molecule has 2 aromatic heterocycles. The second kappa shape index (κ2) is 4.35. The number of fused-ring (bicyclic) bond motifs is 1. The van der Waals surface area contributed by atoms with Crippen molar-refractivity contribution in [2.45, 2.75) is 13.8 Å². The number of nitrogens with zero attached hydrogens (tertiary/aromatic N) is 3. The summed E-state index contributed by atoms with van der Waals surface area (Å²) in [6, 6.07) is 9.58. The molecule has 0 fully saturated rings. The molecule has 96 valence electrons. The van der Waals surface area contributed by atoms with Gasteiger partial charge in [-0.15, -0.1) is 0 Å². The second-order valence-electron chi connectivity index (χ2n) is 4.46. The van der Waals surface area contributed by atoms with Gasteiger partial charge in [0, 0.05) is 21.8 Å². The lowest BCUT2D eigenvalue weighted by Gasteiger charge is -2.02. The van der Waals surface area contributed by atoms with Crippen molar-refractivity contribution in [3.05, 3.63) is 46.2 Å². The normalized spacial score (nSPS) is 11.1. The molecule has 2 heterocycles. The van der Waals surface area contributed by atoms with E-state index in [1.165, 1.54) is 4.52 Å². The number of aryl methyl sites for hydroxylation is 2. The van der Waals surface area contributed by atoms with Crippen LogP contribution in [-0.4, -0.2) is 19.7 Å². The summed E-state index contributed by atoms with van der Waals surface area (Å²) in [5.74, 6) is 0.106. The second-order valence-corrected chi connectivity index (χ2v) is 5.37. The maximum absolute atomic E-state index is 9.93. The highest BCUT2D eigenvalue weighted by molar-refractivity contribution is 9.10. The number of aromatic nitrogens is 3. The van der Waals surface area contributed by atoms with Crippen molar-refractivity contribution < 1.29 is 5.11 Å². The van der Waals surface area contributed by atoms with Gasteiger partial charge in [-0.2, -0.15) is 9.61 Å². The van der Waals surface area contributed by atoms with Gasteiger partial charge in [0.15, 0.2) is 5.65 Å². The summed E-state index contributed by atoms with van der Waals surface area (Å²) in [4.78, 5) is 4.48. The maximum atomic E-state index is 9.93. The first-order valence-electron chi connectivity index (χ1n) is 5.88. The quantitative estimate of drug-likeness (QED) is 0.747. The minimum Gasteiger partial charge on any atom is -0.493 e. The Hall–Kier alpha value is -1.88. The lowest BCUT2D eigenvalue weighted by Crippen LogP contribution is -1.93. The minimum atomic E-state index is 0.106. The van der Waals surface area contributed by atoms with Gasteiger partial charge in [-0.25, -0.2) is 4.98 Å². The predicted octanol–water partition coefficient (Wildman–Crippen LogP) is 3.48. The summed E-state index contributed by atoms with van der Waals surface area (Å²) in [6.45, 7) is 3.77. The molecule has 5 heteroatoms. The van der Waals surface area contributed by atoms with Crippen LogP contribution in [0, 0.1) is 13.8 Å². The Morgan fingerprint density at radius 3 is 2.53 bits per heavy atom. The Morgan fingerprint density at radius 2 is 1.84 bits per heavy atom. The summed E-state index contributed by atoms with van der Waals surface area (Å²) in [7, 11) is 0. The molecule has 0 spiro atoms. The Labute approximate surface area is 118 Å². The van der Waals surface area contributed by atoms with Gasteiger partial charge in [0.1, 0.15) is 0 Å². The molecule has 0 saturated heterocycles. The first kappa shape index (κ1) is 12.2. The molecule has 0 amide bonds. The number of benzene rings is 1.